The zero-order chi connectivity index (χ0) is 24.1. The summed E-state index contributed by atoms with van der Waals surface area (Å²) < 4.78 is 16.3. The van der Waals surface area contributed by atoms with Gasteiger partial charge >= 0.3 is 0 Å². The quantitative estimate of drug-likeness (QED) is 0.495. The van der Waals surface area contributed by atoms with E-state index in [1.54, 1.807) is 37.3 Å². The third kappa shape index (κ3) is 4.83. The summed E-state index contributed by atoms with van der Waals surface area (Å²) >= 11 is 0. The Kier molecular flexibility index (Phi) is 7.01. The van der Waals surface area contributed by atoms with Crippen molar-refractivity contribution < 1.29 is 23.8 Å². The van der Waals surface area contributed by atoms with E-state index in [1.807, 2.05) is 55.5 Å². The lowest BCUT2D eigenvalue weighted by molar-refractivity contribution is -0.117. The van der Waals surface area contributed by atoms with Gasteiger partial charge in [-0.3, -0.25) is 9.59 Å². The first-order valence-corrected chi connectivity index (χ1v) is 11.2. The second-order valence-corrected chi connectivity index (χ2v) is 7.93. The Morgan fingerprint density at radius 2 is 1.74 bits per heavy atom. The molecule has 0 aromatic heterocycles. The van der Waals surface area contributed by atoms with Crippen LogP contribution in [-0.4, -0.2) is 37.5 Å². The SMILES string of the molecule is CCOc1ccc(NC(=O)CC(c2ccc(OC)c(OC)c2)N2Cc3ccccc3C2=O)cc1. The van der Waals surface area contributed by atoms with Crippen LogP contribution in [-0.2, 0) is 11.3 Å². The minimum absolute atomic E-state index is 0.0857. The Bertz CT molecular complexity index is 1180. The number of carbonyl (C=O) groups is 2. The van der Waals surface area contributed by atoms with Gasteiger partial charge in [0.1, 0.15) is 5.75 Å². The van der Waals surface area contributed by atoms with Crippen molar-refractivity contribution in [2.24, 2.45) is 0 Å². The Balaban J connectivity index is 1.60. The number of carbonyl (C=O) groups excluding carboxylic acids is 2. The Hall–Kier alpha value is -4.00. The molecule has 4 rings (SSSR count). The smallest absolute Gasteiger partial charge is 0.255 e. The van der Waals surface area contributed by atoms with Crippen LogP contribution in [0.3, 0.4) is 0 Å². The third-order valence-corrected chi connectivity index (χ3v) is 5.85. The maximum absolute atomic E-state index is 13.3. The second-order valence-electron chi connectivity index (χ2n) is 7.93. The molecule has 0 bridgehead atoms. The van der Waals surface area contributed by atoms with Crippen LogP contribution in [0.4, 0.5) is 5.69 Å². The second kappa shape index (κ2) is 10.3. The van der Waals surface area contributed by atoms with Crippen molar-refractivity contribution in [3.8, 4) is 17.2 Å². The van der Waals surface area contributed by atoms with Crippen LogP contribution in [0.15, 0.2) is 66.7 Å². The number of rotatable bonds is 9. The van der Waals surface area contributed by atoms with Crippen molar-refractivity contribution in [2.75, 3.05) is 26.1 Å². The van der Waals surface area contributed by atoms with Crippen molar-refractivity contribution in [2.45, 2.75) is 25.9 Å². The monoisotopic (exact) mass is 460 g/mol. The summed E-state index contributed by atoms with van der Waals surface area (Å²) in [5.41, 5.74) is 3.07. The summed E-state index contributed by atoms with van der Waals surface area (Å²) in [6.07, 6.45) is 0.0857. The largest absolute Gasteiger partial charge is 0.494 e. The van der Waals surface area contributed by atoms with Crippen LogP contribution in [0, 0.1) is 0 Å². The number of ether oxygens (including phenoxy) is 3. The van der Waals surface area contributed by atoms with Crippen LogP contribution in [0.2, 0.25) is 0 Å². The fraction of sp³-hybridized carbons (Fsp3) is 0.259. The fourth-order valence-electron chi connectivity index (χ4n) is 4.19. The molecule has 0 spiro atoms. The van der Waals surface area contributed by atoms with Gasteiger partial charge in [-0.2, -0.15) is 0 Å². The van der Waals surface area contributed by atoms with E-state index in [2.05, 4.69) is 5.32 Å². The van der Waals surface area contributed by atoms with Gasteiger partial charge in [0, 0.05) is 17.8 Å². The maximum Gasteiger partial charge on any atom is 0.255 e. The average molecular weight is 461 g/mol. The third-order valence-electron chi connectivity index (χ3n) is 5.85. The van der Waals surface area contributed by atoms with Gasteiger partial charge in [0.15, 0.2) is 11.5 Å². The number of nitrogens with one attached hydrogen (secondary N) is 1. The van der Waals surface area contributed by atoms with Crippen LogP contribution in [0.5, 0.6) is 17.2 Å². The van der Waals surface area contributed by atoms with E-state index in [-0.39, 0.29) is 18.2 Å². The first kappa shape index (κ1) is 23.2. The molecule has 7 heteroatoms. The number of hydrogen-bond acceptors (Lipinski definition) is 5. The number of amides is 2. The number of hydrogen-bond donors (Lipinski definition) is 1. The fourth-order valence-corrected chi connectivity index (χ4v) is 4.19. The number of fused-ring (bicyclic) bond motifs is 1. The van der Waals surface area contributed by atoms with E-state index in [1.165, 1.54) is 0 Å². The molecule has 0 saturated carbocycles. The van der Waals surface area contributed by atoms with E-state index in [4.69, 9.17) is 14.2 Å². The summed E-state index contributed by atoms with van der Waals surface area (Å²) in [5, 5.41) is 2.93. The highest BCUT2D eigenvalue weighted by Gasteiger charge is 2.34. The zero-order valence-corrected chi connectivity index (χ0v) is 19.5. The van der Waals surface area contributed by atoms with Gasteiger partial charge < -0.3 is 24.4 Å². The molecular weight excluding hydrogens is 432 g/mol. The van der Waals surface area contributed by atoms with Gasteiger partial charge in [-0.15, -0.1) is 0 Å². The number of methoxy groups -OCH3 is 2. The lowest BCUT2D eigenvalue weighted by atomic mass is 10.0. The average Bonchev–Trinajstić information content (AvgIpc) is 3.19. The molecule has 1 heterocycles. The van der Waals surface area contributed by atoms with E-state index in [0.717, 1.165) is 16.9 Å². The molecule has 0 aliphatic carbocycles. The highest BCUT2D eigenvalue weighted by Crippen LogP contribution is 2.37. The minimum Gasteiger partial charge on any atom is -0.494 e. The Morgan fingerprint density at radius 1 is 1.00 bits per heavy atom. The van der Waals surface area contributed by atoms with E-state index in [9.17, 15) is 9.59 Å². The van der Waals surface area contributed by atoms with Gasteiger partial charge in [0.25, 0.3) is 5.91 Å². The molecule has 2 amide bonds. The molecule has 0 fully saturated rings. The minimum atomic E-state index is -0.484. The predicted octanol–water partition coefficient (Wildman–Crippen LogP) is 4.83. The number of nitrogens with zero attached hydrogens (tertiary/aromatic N) is 1. The van der Waals surface area contributed by atoms with Crippen molar-refractivity contribution in [3.63, 3.8) is 0 Å². The number of anilines is 1. The van der Waals surface area contributed by atoms with E-state index >= 15 is 0 Å². The van der Waals surface area contributed by atoms with Gasteiger partial charge in [-0.05, 0) is 60.5 Å². The molecule has 1 N–H and O–H groups in total. The highest BCUT2D eigenvalue weighted by molar-refractivity contribution is 5.99. The summed E-state index contributed by atoms with van der Waals surface area (Å²) in [7, 11) is 3.13. The number of benzene rings is 3. The van der Waals surface area contributed by atoms with Crippen molar-refractivity contribution in [1.82, 2.24) is 4.90 Å². The normalized spacial score (nSPS) is 13.3. The molecule has 0 saturated heterocycles. The molecule has 1 aliphatic rings. The standard InChI is InChI=1S/C27H28N2O5/c1-4-34-21-12-10-20(11-13-21)28-26(30)16-23(18-9-14-24(32-2)25(15-18)33-3)29-17-19-7-5-6-8-22(19)27(29)31/h5-15,23H,4,16-17H2,1-3H3,(H,28,30). The molecule has 176 valence electrons. The van der Waals surface area contributed by atoms with Crippen LogP contribution >= 0.6 is 0 Å². The van der Waals surface area contributed by atoms with Gasteiger partial charge in [-0.25, -0.2) is 0 Å². The molecule has 3 aromatic rings. The molecule has 1 atom stereocenters. The molecule has 1 unspecified atom stereocenters. The van der Waals surface area contributed by atoms with Gasteiger partial charge in [0.05, 0.1) is 33.3 Å². The van der Waals surface area contributed by atoms with E-state index < -0.39 is 6.04 Å². The van der Waals surface area contributed by atoms with Crippen molar-refractivity contribution in [3.05, 3.63) is 83.4 Å². The zero-order valence-electron chi connectivity index (χ0n) is 19.5. The molecule has 0 radical (unpaired) electrons. The highest BCUT2D eigenvalue weighted by atomic mass is 16.5. The lowest BCUT2D eigenvalue weighted by Gasteiger charge is -2.28. The molecule has 34 heavy (non-hydrogen) atoms. The van der Waals surface area contributed by atoms with Crippen molar-refractivity contribution >= 4 is 17.5 Å². The van der Waals surface area contributed by atoms with Crippen LogP contribution < -0.4 is 19.5 Å². The predicted molar refractivity (Wildman–Crippen MR) is 129 cm³/mol. The van der Waals surface area contributed by atoms with Crippen molar-refractivity contribution in [1.29, 1.82) is 0 Å². The summed E-state index contributed by atoms with van der Waals surface area (Å²) in [5.74, 6) is 1.57. The first-order chi connectivity index (χ1) is 16.5. The first-order valence-electron chi connectivity index (χ1n) is 11.2. The summed E-state index contributed by atoms with van der Waals surface area (Å²) in [6.45, 7) is 2.93. The summed E-state index contributed by atoms with van der Waals surface area (Å²) in [6, 6.07) is 19.7. The van der Waals surface area contributed by atoms with Crippen LogP contribution in [0.1, 0.15) is 40.9 Å². The maximum atomic E-state index is 13.3. The lowest BCUT2D eigenvalue weighted by Crippen LogP contribution is -2.32. The Labute approximate surface area is 199 Å². The van der Waals surface area contributed by atoms with E-state index in [0.29, 0.717) is 35.9 Å². The molecule has 3 aromatic carbocycles. The Morgan fingerprint density at radius 3 is 2.41 bits per heavy atom. The molecular formula is C27H28N2O5. The van der Waals surface area contributed by atoms with Gasteiger partial charge in [0.2, 0.25) is 5.91 Å². The molecule has 7 nitrogen and oxygen atoms in total. The van der Waals surface area contributed by atoms with Gasteiger partial charge in [-0.1, -0.05) is 24.3 Å². The summed E-state index contributed by atoms with van der Waals surface area (Å²) in [4.78, 5) is 28.1. The topological polar surface area (TPSA) is 77.1 Å². The van der Waals surface area contributed by atoms with Crippen LogP contribution in [0.25, 0.3) is 0 Å². The molecule has 1 aliphatic heterocycles.